The molecule has 92 valence electrons. The van der Waals surface area contributed by atoms with Gasteiger partial charge in [-0.25, -0.2) is 4.98 Å². The number of anilines is 1. The summed E-state index contributed by atoms with van der Waals surface area (Å²) in [5, 5.41) is 0. The normalized spacial score (nSPS) is 13.8. The van der Waals surface area contributed by atoms with Crippen molar-refractivity contribution < 1.29 is 0 Å². The van der Waals surface area contributed by atoms with Crippen LogP contribution < -0.4 is 4.90 Å². The predicted molar refractivity (Wildman–Crippen MR) is 74.9 cm³/mol. The Balaban J connectivity index is 1.92. The Kier molecular flexibility index (Phi) is 2.96. The molecule has 0 fully saturated rings. The molecule has 18 heavy (non-hydrogen) atoms. The molecule has 1 aliphatic heterocycles. The number of fused-ring (bicyclic) bond motifs is 1. The van der Waals surface area contributed by atoms with Gasteiger partial charge >= 0.3 is 0 Å². The van der Waals surface area contributed by atoms with E-state index in [0.717, 1.165) is 30.2 Å². The molecular formula is C15H15ClN2. The van der Waals surface area contributed by atoms with E-state index in [9.17, 15) is 0 Å². The number of aromatic nitrogens is 1. The lowest BCUT2D eigenvalue weighted by molar-refractivity contribution is 0.850. The molecule has 0 N–H and O–H groups in total. The van der Waals surface area contributed by atoms with E-state index >= 15 is 0 Å². The molecule has 0 atom stereocenters. The van der Waals surface area contributed by atoms with Crippen molar-refractivity contribution in [3.05, 3.63) is 58.8 Å². The summed E-state index contributed by atoms with van der Waals surface area (Å²) >= 11 is 5.92. The summed E-state index contributed by atoms with van der Waals surface area (Å²) in [6.45, 7) is 3.89. The molecule has 0 spiro atoms. The van der Waals surface area contributed by atoms with Crippen molar-refractivity contribution >= 4 is 17.4 Å². The van der Waals surface area contributed by atoms with Gasteiger partial charge in [0.05, 0.1) is 0 Å². The summed E-state index contributed by atoms with van der Waals surface area (Å²) in [6.07, 6.45) is 0. The van der Waals surface area contributed by atoms with E-state index in [-0.39, 0.29) is 0 Å². The largest absolute Gasteiger partial charge is 0.348 e. The van der Waals surface area contributed by atoms with Gasteiger partial charge in [-0.1, -0.05) is 24.3 Å². The highest BCUT2D eigenvalue weighted by molar-refractivity contribution is 6.17. The predicted octanol–water partition coefficient (Wildman–Crippen LogP) is 3.65. The summed E-state index contributed by atoms with van der Waals surface area (Å²) in [5.41, 5.74) is 4.95. The Labute approximate surface area is 112 Å². The monoisotopic (exact) mass is 258 g/mol. The van der Waals surface area contributed by atoms with E-state index in [1.54, 1.807) is 0 Å². The number of benzene rings is 1. The number of nitrogens with zero attached hydrogens (tertiary/aromatic N) is 2. The average Bonchev–Trinajstić information content (AvgIpc) is 2.81. The summed E-state index contributed by atoms with van der Waals surface area (Å²) in [4.78, 5) is 6.91. The molecule has 0 bridgehead atoms. The summed E-state index contributed by atoms with van der Waals surface area (Å²) in [7, 11) is 0. The molecule has 2 aromatic rings. The minimum Gasteiger partial charge on any atom is -0.348 e. The summed E-state index contributed by atoms with van der Waals surface area (Å²) < 4.78 is 0. The molecule has 0 unspecified atom stereocenters. The lowest BCUT2D eigenvalue weighted by Crippen LogP contribution is -2.16. The van der Waals surface area contributed by atoms with Crippen LogP contribution in [0.4, 0.5) is 5.82 Å². The lowest BCUT2D eigenvalue weighted by Gasteiger charge is -2.17. The maximum Gasteiger partial charge on any atom is 0.129 e. The van der Waals surface area contributed by atoms with Crippen molar-refractivity contribution in [3.8, 4) is 0 Å². The zero-order chi connectivity index (χ0) is 12.5. The van der Waals surface area contributed by atoms with Gasteiger partial charge in [0.1, 0.15) is 5.82 Å². The van der Waals surface area contributed by atoms with Crippen molar-refractivity contribution in [3.63, 3.8) is 0 Å². The van der Waals surface area contributed by atoms with Gasteiger partial charge in [0.25, 0.3) is 0 Å². The third kappa shape index (κ3) is 2.08. The van der Waals surface area contributed by atoms with Crippen LogP contribution in [-0.2, 0) is 19.0 Å². The van der Waals surface area contributed by atoms with Gasteiger partial charge in [-0.05, 0) is 35.7 Å². The Morgan fingerprint density at radius 2 is 1.83 bits per heavy atom. The molecule has 1 aromatic carbocycles. The average molecular weight is 259 g/mol. The number of aryl methyl sites for hydroxylation is 1. The first kappa shape index (κ1) is 11.5. The van der Waals surface area contributed by atoms with Gasteiger partial charge in [-0.15, -0.1) is 11.6 Å². The fraction of sp³-hybridized carbons (Fsp3) is 0.267. The first-order valence-electron chi connectivity index (χ1n) is 6.11. The number of pyridine rings is 1. The van der Waals surface area contributed by atoms with E-state index in [1.165, 1.54) is 11.1 Å². The van der Waals surface area contributed by atoms with Crippen LogP contribution in [0.25, 0.3) is 0 Å². The molecule has 0 radical (unpaired) electrons. The Morgan fingerprint density at radius 3 is 2.44 bits per heavy atom. The van der Waals surface area contributed by atoms with Crippen LogP contribution >= 0.6 is 11.6 Å². The van der Waals surface area contributed by atoms with Crippen LogP contribution in [0.5, 0.6) is 0 Å². The standard InChI is InChI=1S/C15H15ClN2/c1-11-6-12(8-16)7-15(17-11)18-9-13-4-2-3-5-14(13)10-18/h2-7H,8-10H2,1H3. The summed E-state index contributed by atoms with van der Waals surface area (Å²) in [6, 6.07) is 12.7. The molecule has 3 heteroatoms. The lowest BCUT2D eigenvalue weighted by atomic mass is 10.1. The second-order valence-electron chi connectivity index (χ2n) is 4.73. The quantitative estimate of drug-likeness (QED) is 0.765. The molecule has 1 aliphatic rings. The smallest absolute Gasteiger partial charge is 0.129 e. The zero-order valence-corrected chi connectivity index (χ0v) is 11.1. The topological polar surface area (TPSA) is 16.1 Å². The molecule has 2 heterocycles. The van der Waals surface area contributed by atoms with Crippen LogP contribution in [-0.4, -0.2) is 4.98 Å². The van der Waals surface area contributed by atoms with Crippen LogP contribution in [0.1, 0.15) is 22.4 Å². The minimum absolute atomic E-state index is 0.539. The van der Waals surface area contributed by atoms with Crippen LogP contribution in [0.2, 0.25) is 0 Å². The van der Waals surface area contributed by atoms with Gasteiger partial charge in [0.15, 0.2) is 0 Å². The van der Waals surface area contributed by atoms with Crippen molar-refractivity contribution in [1.82, 2.24) is 4.98 Å². The molecule has 0 saturated carbocycles. The van der Waals surface area contributed by atoms with E-state index < -0.39 is 0 Å². The molecule has 3 rings (SSSR count). The van der Waals surface area contributed by atoms with E-state index in [2.05, 4.69) is 40.2 Å². The van der Waals surface area contributed by atoms with E-state index in [0.29, 0.717) is 5.88 Å². The van der Waals surface area contributed by atoms with Crippen molar-refractivity contribution in [2.45, 2.75) is 25.9 Å². The highest BCUT2D eigenvalue weighted by Gasteiger charge is 2.19. The van der Waals surface area contributed by atoms with Crippen molar-refractivity contribution in [1.29, 1.82) is 0 Å². The summed E-state index contributed by atoms with van der Waals surface area (Å²) in [5.74, 6) is 1.57. The SMILES string of the molecule is Cc1cc(CCl)cc(N2Cc3ccccc3C2)n1. The maximum atomic E-state index is 5.92. The number of alkyl halides is 1. The Hall–Kier alpha value is -1.54. The molecule has 0 saturated heterocycles. The molecule has 2 nitrogen and oxygen atoms in total. The Morgan fingerprint density at radius 1 is 1.17 bits per heavy atom. The van der Waals surface area contributed by atoms with Gasteiger partial charge in [-0.2, -0.15) is 0 Å². The van der Waals surface area contributed by atoms with Gasteiger partial charge in [-0.3, -0.25) is 0 Å². The second kappa shape index (κ2) is 4.62. The number of halogens is 1. The van der Waals surface area contributed by atoms with Crippen LogP contribution in [0.15, 0.2) is 36.4 Å². The van der Waals surface area contributed by atoms with Crippen LogP contribution in [0, 0.1) is 6.92 Å². The van der Waals surface area contributed by atoms with Crippen molar-refractivity contribution in [2.75, 3.05) is 4.90 Å². The minimum atomic E-state index is 0.539. The van der Waals surface area contributed by atoms with Crippen LogP contribution in [0.3, 0.4) is 0 Å². The Bertz CT molecular complexity index is 555. The third-order valence-electron chi connectivity index (χ3n) is 3.32. The first-order valence-corrected chi connectivity index (χ1v) is 6.65. The molecular weight excluding hydrogens is 244 g/mol. The fourth-order valence-corrected chi connectivity index (χ4v) is 2.61. The first-order chi connectivity index (χ1) is 8.76. The highest BCUT2D eigenvalue weighted by Crippen LogP contribution is 2.27. The fourth-order valence-electron chi connectivity index (χ4n) is 2.46. The number of hydrogen-bond donors (Lipinski definition) is 0. The molecule has 1 aromatic heterocycles. The second-order valence-corrected chi connectivity index (χ2v) is 5.00. The van der Waals surface area contributed by atoms with Crippen molar-refractivity contribution in [2.24, 2.45) is 0 Å². The van der Waals surface area contributed by atoms with E-state index in [4.69, 9.17) is 11.6 Å². The molecule has 0 aliphatic carbocycles. The van der Waals surface area contributed by atoms with Gasteiger partial charge < -0.3 is 4.90 Å². The highest BCUT2D eigenvalue weighted by atomic mass is 35.5. The third-order valence-corrected chi connectivity index (χ3v) is 3.63. The van der Waals surface area contributed by atoms with Gasteiger partial charge in [0, 0.05) is 24.7 Å². The molecule has 0 amide bonds. The number of rotatable bonds is 2. The van der Waals surface area contributed by atoms with E-state index in [1.807, 2.05) is 13.0 Å². The van der Waals surface area contributed by atoms with Gasteiger partial charge in [0.2, 0.25) is 0 Å². The zero-order valence-electron chi connectivity index (χ0n) is 10.4. The number of hydrogen-bond acceptors (Lipinski definition) is 2. The maximum absolute atomic E-state index is 5.92.